The molecule has 4 rings (SSSR count). The third-order valence-corrected chi connectivity index (χ3v) is 5.09. The maximum Gasteiger partial charge on any atom is 0.323 e. The molecule has 3 aromatic rings. The van der Waals surface area contributed by atoms with Crippen LogP contribution in [0.15, 0.2) is 53.3 Å². The molecule has 1 amide bonds. The van der Waals surface area contributed by atoms with E-state index < -0.39 is 5.60 Å². The zero-order chi connectivity index (χ0) is 18.9. The number of aromatic nitrogens is 2. The number of carbonyl (C=O) groups excluding carboxylic acids is 1. The van der Waals surface area contributed by atoms with Crippen LogP contribution in [-0.4, -0.2) is 45.5 Å². The fourth-order valence-corrected chi connectivity index (χ4v) is 3.64. The van der Waals surface area contributed by atoms with Gasteiger partial charge in [0.2, 0.25) is 5.91 Å². The zero-order valence-electron chi connectivity index (χ0n) is 14.9. The first-order chi connectivity index (χ1) is 13.0. The first-order valence-electron chi connectivity index (χ1n) is 9.04. The summed E-state index contributed by atoms with van der Waals surface area (Å²) in [6.45, 7) is 1.88. The molecule has 1 saturated heterocycles. The number of fused-ring (bicyclic) bond motifs is 1. The monoisotopic (exact) mass is 366 g/mol. The van der Waals surface area contributed by atoms with Crippen molar-refractivity contribution in [3.05, 3.63) is 64.6 Å². The summed E-state index contributed by atoms with van der Waals surface area (Å²) in [4.78, 5) is 31.0. The average Bonchev–Trinajstić information content (AvgIpc) is 3.23. The average molecular weight is 366 g/mol. The van der Waals surface area contributed by atoms with Gasteiger partial charge in [-0.15, -0.1) is 0 Å². The topological polar surface area (TPSA) is 101 Å². The summed E-state index contributed by atoms with van der Waals surface area (Å²) < 4.78 is 0. The first kappa shape index (κ1) is 17.5. The van der Waals surface area contributed by atoms with Crippen molar-refractivity contribution < 1.29 is 9.90 Å². The molecule has 0 bridgehead atoms. The van der Waals surface area contributed by atoms with Crippen LogP contribution in [0.1, 0.15) is 18.4 Å². The molecule has 1 aliphatic heterocycles. The van der Waals surface area contributed by atoms with Crippen LogP contribution in [0, 0.1) is 0 Å². The minimum Gasteiger partial charge on any atom is -0.384 e. The molecule has 0 aliphatic carbocycles. The van der Waals surface area contributed by atoms with Gasteiger partial charge in [-0.25, -0.2) is 4.79 Å². The lowest BCUT2D eigenvalue weighted by molar-refractivity contribution is -0.116. The molecule has 1 atom stereocenters. The second-order valence-electron chi connectivity index (χ2n) is 7.06. The first-order valence-corrected chi connectivity index (χ1v) is 9.04. The molecular weight excluding hydrogens is 344 g/mol. The lowest BCUT2D eigenvalue weighted by atomic mass is 9.93. The summed E-state index contributed by atoms with van der Waals surface area (Å²) in [6, 6.07) is 14.9. The van der Waals surface area contributed by atoms with Crippen LogP contribution in [0.5, 0.6) is 0 Å². The van der Waals surface area contributed by atoms with Gasteiger partial charge in [-0.1, -0.05) is 30.3 Å². The Morgan fingerprint density at radius 1 is 1.15 bits per heavy atom. The van der Waals surface area contributed by atoms with Crippen LogP contribution >= 0.6 is 0 Å². The van der Waals surface area contributed by atoms with Crippen molar-refractivity contribution in [3.63, 3.8) is 0 Å². The molecule has 0 unspecified atom stereocenters. The SMILES string of the molecule is O=C(CCN1CC[C@](O)(c2ccccc2)C1)Nc1ccc2[nH]c(=O)[nH]c2c1. The number of rotatable bonds is 5. The van der Waals surface area contributed by atoms with Crippen molar-refractivity contribution in [1.82, 2.24) is 14.9 Å². The van der Waals surface area contributed by atoms with Crippen molar-refractivity contribution >= 4 is 22.6 Å². The molecular formula is C20H22N4O3. The van der Waals surface area contributed by atoms with Crippen LogP contribution in [0.2, 0.25) is 0 Å². The Morgan fingerprint density at radius 2 is 1.93 bits per heavy atom. The fraction of sp³-hybridized carbons (Fsp3) is 0.300. The molecule has 27 heavy (non-hydrogen) atoms. The molecule has 2 heterocycles. The van der Waals surface area contributed by atoms with Crippen molar-refractivity contribution in [2.24, 2.45) is 0 Å². The predicted octanol–water partition coefficient (Wildman–Crippen LogP) is 1.78. The Labute approximate surface area is 156 Å². The Hall–Kier alpha value is -2.90. The Balaban J connectivity index is 1.32. The number of carbonyl (C=O) groups is 1. The third-order valence-electron chi connectivity index (χ3n) is 5.09. The van der Waals surface area contributed by atoms with Gasteiger partial charge in [0.05, 0.1) is 11.0 Å². The van der Waals surface area contributed by atoms with E-state index in [-0.39, 0.29) is 11.6 Å². The van der Waals surface area contributed by atoms with Crippen LogP contribution < -0.4 is 11.0 Å². The van der Waals surface area contributed by atoms with Gasteiger partial charge in [0.25, 0.3) is 0 Å². The number of imidazole rings is 1. The Bertz CT molecular complexity index is 1010. The molecule has 7 nitrogen and oxygen atoms in total. The van der Waals surface area contributed by atoms with Crippen molar-refractivity contribution in [2.75, 3.05) is 25.0 Å². The standard InChI is InChI=1S/C20H22N4O3/c25-18(21-15-6-7-16-17(12-15)23-19(26)22-16)8-10-24-11-9-20(27,13-24)14-4-2-1-3-5-14/h1-7,12,27H,8-11,13H2,(H,21,25)(H2,22,23,26)/t20-/m1/s1. The third kappa shape index (κ3) is 3.79. The number of nitrogens with one attached hydrogen (secondary N) is 3. The highest BCUT2D eigenvalue weighted by atomic mass is 16.3. The molecule has 1 aromatic heterocycles. The molecule has 140 valence electrons. The lowest BCUT2D eigenvalue weighted by Crippen LogP contribution is -2.32. The van der Waals surface area contributed by atoms with Gasteiger partial charge in [-0.2, -0.15) is 0 Å². The minimum atomic E-state index is -0.844. The minimum absolute atomic E-state index is 0.0950. The number of aromatic amines is 2. The fourth-order valence-electron chi connectivity index (χ4n) is 3.64. The van der Waals surface area contributed by atoms with Gasteiger partial charge >= 0.3 is 5.69 Å². The van der Waals surface area contributed by atoms with Crippen molar-refractivity contribution in [2.45, 2.75) is 18.4 Å². The summed E-state index contributed by atoms with van der Waals surface area (Å²) >= 11 is 0. The molecule has 0 spiro atoms. The second-order valence-corrected chi connectivity index (χ2v) is 7.06. The van der Waals surface area contributed by atoms with Crippen LogP contribution in [0.4, 0.5) is 5.69 Å². The summed E-state index contributed by atoms with van der Waals surface area (Å²) in [5.74, 6) is -0.0950. The number of aliphatic hydroxyl groups is 1. The van der Waals surface area contributed by atoms with Crippen LogP contribution in [-0.2, 0) is 10.4 Å². The van der Waals surface area contributed by atoms with Crippen LogP contribution in [0.3, 0.4) is 0 Å². The van der Waals surface area contributed by atoms with Gasteiger partial charge in [-0.3, -0.25) is 9.69 Å². The van der Waals surface area contributed by atoms with E-state index in [4.69, 9.17) is 0 Å². The highest BCUT2D eigenvalue weighted by molar-refractivity contribution is 5.93. The molecule has 4 N–H and O–H groups in total. The van der Waals surface area contributed by atoms with E-state index in [0.29, 0.717) is 42.7 Å². The summed E-state index contributed by atoms with van der Waals surface area (Å²) in [6.07, 6.45) is 1.00. The number of benzene rings is 2. The van der Waals surface area contributed by atoms with Gasteiger partial charge in [0, 0.05) is 31.7 Å². The summed E-state index contributed by atoms with van der Waals surface area (Å²) in [7, 11) is 0. The van der Waals surface area contributed by atoms with Crippen molar-refractivity contribution in [3.8, 4) is 0 Å². The highest BCUT2D eigenvalue weighted by Gasteiger charge is 2.37. The highest BCUT2D eigenvalue weighted by Crippen LogP contribution is 2.31. The number of hydrogen-bond acceptors (Lipinski definition) is 4. The normalized spacial score (nSPS) is 20.2. The smallest absolute Gasteiger partial charge is 0.323 e. The zero-order valence-corrected chi connectivity index (χ0v) is 14.9. The summed E-state index contributed by atoms with van der Waals surface area (Å²) in [5, 5.41) is 13.7. The van der Waals surface area contributed by atoms with E-state index in [9.17, 15) is 14.7 Å². The quantitative estimate of drug-likeness (QED) is 0.553. The maximum absolute atomic E-state index is 12.3. The number of likely N-dealkylation sites (tertiary alicyclic amines) is 1. The summed E-state index contributed by atoms with van der Waals surface area (Å²) in [5.41, 5.74) is 1.81. The van der Waals surface area contributed by atoms with E-state index in [2.05, 4.69) is 20.2 Å². The number of hydrogen-bond donors (Lipinski definition) is 4. The predicted molar refractivity (Wildman–Crippen MR) is 104 cm³/mol. The molecule has 0 radical (unpaired) electrons. The second kappa shape index (κ2) is 7.02. The van der Waals surface area contributed by atoms with E-state index >= 15 is 0 Å². The largest absolute Gasteiger partial charge is 0.384 e. The number of amides is 1. The number of nitrogens with zero attached hydrogens (tertiary/aromatic N) is 1. The number of anilines is 1. The van der Waals surface area contributed by atoms with Crippen LogP contribution in [0.25, 0.3) is 11.0 Å². The van der Waals surface area contributed by atoms with Gasteiger partial charge in [0.15, 0.2) is 0 Å². The molecule has 2 aromatic carbocycles. The van der Waals surface area contributed by atoms with E-state index in [1.165, 1.54) is 0 Å². The van der Waals surface area contributed by atoms with E-state index in [1.54, 1.807) is 18.2 Å². The lowest BCUT2D eigenvalue weighted by Gasteiger charge is -2.24. The molecule has 1 fully saturated rings. The number of H-pyrrole nitrogens is 2. The van der Waals surface area contributed by atoms with Gasteiger partial charge in [0.1, 0.15) is 5.60 Å². The van der Waals surface area contributed by atoms with E-state index in [0.717, 1.165) is 12.1 Å². The molecule has 0 saturated carbocycles. The number of β-amino-alcohol motifs (C(OH)–C–C–N with tert-alkyl or cyclic N) is 1. The Kier molecular flexibility index (Phi) is 4.55. The Morgan fingerprint density at radius 3 is 2.74 bits per heavy atom. The maximum atomic E-state index is 12.3. The van der Waals surface area contributed by atoms with Crippen molar-refractivity contribution in [1.29, 1.82) is 0 Å². The van der Waals surface area contributed by atoms with Gasteiger partial charge < -0.3 is 20.4 Å². The van der Waals surface area contributed by atoms with E-state index in [1.807, 2.05) is 30.3 Å². The molecule has 1 aliphatic rings. The molecule has 7 heteroatoms. The van der Waals surface area contributed by atoms with Gasteiger partial charge in [-0.05, 0) is 30.2 Å².